The third-order valence-corrected chi connectivity index (χ3v) is 2.42. The number of halogens is 1. The van der Waals surface area contributed by atoms with Gasteiger partial charge in [-0.15, -0.1) is 0 Å². The highest BCUT2D eigenvalue weighted by molar-refractivity contribution is 9.10. The van der Waals surface area contributed by atoms with Gasteiger partial charge >= 0.3 is 0 Å². The van der Waals surface area contributed by atoms with Gasteiger partial charge in [-0.3, -0.25) is 9.69 Å². The van der Waals surface area contributed by atoms with E-state index in [1.54, 1.807) is 0 Å². The molecule has 0 saturated carbocycles. The van der Waals surface area contributed by atoms with Crippen molar-refractivity contribution in [2.75, 3.05) is 13.6 Å². The van der Waals surface area contributed by atoms with Crippen molar-refractivity contribution in [2.24, 2.45) is 0 Å². The number of furan rings is 1. The number of hydrogen-bond acceptors (Lipinski definition) is 3. The van der Waals surface area contributed by atoms with Gasteiger partial charge in [0.25, 0.3) is 0 Å². The fraction of sp³-hybridized carbons (Fsp3) is 0.375. The van der Waals surface area contributed by atoms with Crippen LogP contribution in [0.15, 0.2) is 21.2 Å². The van der Waals surface area contributed by atoms with E-state index in [1.165, 1.54) is 0 Å². The molecule has 2 heterocycles. The van der Waals surface area contributed by atoms with Crippen molar-refractivity contribution in [1.82, 2.24) is 10.2 Å². The van der Waals surface area contributed by atoms with Crippen LogP contribution in [0.2, 0.25) is 0 Å². The van der Waals surface area contributed by atoms with Crippen molar-refractivity contribution < 1.29 is 9.21 Å². The number of hydrogen-bond donors (Lipinski definition) is 1. The lowest BCUT2D eigenvalue weighted by molar-refractivity contribution is -0.118. The summed E-state index contributed by atoms with van der Waals surface area (Å²) in [6.07, 6.45) is -0.126. The Labute approximate surface area is 84.0 Å². The Hall–Kier alpha value is -0.810. The average molecular weight is 245 g/mol. The highest BCUT2D eigenvalue weighted by Crippen LogP contribution is 2.24. The summed E-state index contributed by atoms with van der Waals surface area (Å²) >= 11 is 3.22. The van der Waals surface area contributed by atoms with Gasteiger partial charge in [0, 0.05) is 0 Å². The fourth-order valence-electron chi connectivity index (χ4n) is 1.39. The second kappa shape index (κ2) is 3.16. The summed E-state index contributed by atoms with van der Waals surface area (Å²) in [5.74, 6) is 0.778. The van der Waals surface area contributed by atoms with Gasteiger partial charge in [0.05, 0.1) is 6.54 Å². The van der Waals surface area contributed by atoms with Gasteiger partial charge in [0.1, 0.15) is 11.9 Å². The lowest BCUT2D eigenvalue weighted by atomic mass is 10.3. The topological polar surface area (TPSA) is 45.5 Å². The van der Waals surface area contributed by atoms with E-state index in [9.17, 15) is 4.79 Å². The van der Waals surface area contributed by atoms with Crippen LogP contribution in [-0.2, 0) is 4.79 Å². The van der Waals surface area contributed by atoms with Gasteiger partial charge in [-0.2, -0.15) is 0 Å². The Morgan fingerprint density at radius 1 is 1.69 bits per heavy atom. The first-order chi connectivity index (χ1) is 6.16. The maximum Gasteiger partial charge on any atom is 0.235 e. The van der Waals surface area contributed by atoms with Crippen molar-refractivity contribution >= 4 is 21.8 Å². The van der Waals surface area contributed by atoms with Crippen LogP contribution in [0.4, 0.5) is 0 Å². The van der Waals surface area contributed by atoms with E-state index < -0.39 is 0 Å². The zero-order chi connectivity index (χ0) is 9.42. The van der Waals surface area contributed by atoms with Gasteiger partial charge in [-0.25, -0.2) is 0 Å². The fourth-order valence-corrected chi connectivity index (χ4v) is 1.71. The Bertz CT molecular complexity index is 337. The summed E-state index contributed by atoms with van der Waals surface area (Å²) in [6, 6.07) is 3.66. The maximum atomic E-state index is 11.0. The molecule has 70 valence electrons. The Balaban J connectivity index is 2.22. The highest BCUT2D eigenvalue weighted by Gasteiger charge is 2.29. The minimum atomic E-state index is -0.126. The minimum absolute atomic E-state index is 0.0278. The first-order valence-electron chi connectivity index (χ1n) is 3.91. The molecule has 1 unspecified atom stereocenters. The molecule has 1 aromatic heterocycles. The van der Waals surface area contributed by atoms with Crippen LogP contribution >= 0.6 is 15.9 Å². The van der Waals surface area contributed by atoms with Gasteiger partial charge in [-0.05, 0) is 35.1 Å². The Morgan fingerprint density at radius 2 is 2.46 bits per heavy atom. The Morgan fingerprint density at radius 3 is 2.92 bits per heavy atom. The normalized spacial score (nSPS) is 23.5. The molecule has 1 aliphatic rings. The largest absolute Gasteiger partial charge is 0.451 e. The second-order valence-electron chi connectivity index (χ2n) is 3.03. The molecule has 0 spiro atoms. The zero-order valence-electron chi connectivity index (χ0n) is 7.08. The summed E-state index contributed by atoms with van der Waals surface area (Å²) in [5, 5.41) is 2.81. The molecule has 0 aliphatic carbocycles. The SMILES string of the molecule is CN1CC(=O)NC1c1ccc(Br)o1. The highest BCUT2D eigenvalue weighted by atomic mass is 79.9. The standard InChI is InChI=1S/C8H9BrN2O2/c1-11-4-7(12)10-8(11)5-2-3-6(9)13-5/h2-3,8H,4H2,1H3,(H,10,12). The molecule has 1 aliphatic heterocycles. The number of amides is 1. The number of carbonyl (C=O) groups is 1. The first-order valence-corrected chi connectivity index (χ1v) is 4.71. The molecular formula is C8H9BrN2O2. The molecule has 1 fully saturated rings. The van der Waals surface area contributed by atoms with Crippen LogP contribution in [0, 0.1) is 0 Å². The molecule has 2 rings (SSSR count). The van der Waals surface area contributed by atoms with Gasteiger partial charge in [0.2, 0.25) is 5.91 Å². The van der Waals surface area contributed by atoms with E-state index in [2.05, 4.69) is 21.2 Å². The van der Waals surface area contributed by atoms with Crippen LogP contribution in [0.3, 0.4) is 0 Å². The third-order valence-electron chi connectivity index (χ3n) is 1.99. The summed E-state index contributed by atoms with van der Waals surface area (Å²) in [5.41, 5.74) is 0. The third kappa shape index (κ3) is 1.62. The lowest BCUT2D eigenvalue weighted by Gasteiger charge is -2.14. The van der Waals surface area contributed by atoms with Crippen molar-refractivity contribution in [3.63, 3.8) is 0 Å². The van der Waals surface area contributed by atoms with E-state index in [1.807, 2.05) is 24.1 Å². The minimum Gasteiger partial charge on any atom is -0.451 e. The van der Waals surface area contributed by atoms with E-state index in [-0.39, 0.29) is 12.1 Å². The van der Waals surface area contributed by atoms with Crippen LogP contribution in [0.25, 0.3) is 0 Å². The number of nitrogens with one attached hydrogen (secondary N) is 1. The van der Waals surface area contributed by atoms with Crippen molar-refractivity contribution in [1.29, 1.82) is 0 Å². The van der Waals surface area contributed by atoms with Crippen molar-refractivity contribution in [3.8, 4) is 0 Å². The number of likely N-dealkylation sites (N-methyl/N-ethyl adjacent to an activating group) is 1. The van der Waals surface area contributed by atoms with E-state index in [0.29, 0.717) is 11.2 Å². The molecule has 0 radical (unpaired) electrons. The lowest BCUT2D eigenvalue weighted by Crippen LogP contribution is -2.23. The van der Waals surface area contributed by atoms with Crippen molar-refractivity contribution in [3.05, 3.63) is 22.6 Å². The molecule has 1 atom stereocenters. The van der Waals surface area contributed by atoms with E-state index >= 15 is 0 Å². The molecular weight excluding hydrogens is 236 g/mol. The molecule has 4 nitrogen and oxygen atoms in total. The van der Waals surface area contributed by atoms with Gasteiger partial charge < -0.3 is 9.73 Å². The van der Waals surface area contributed by atoms with Gasteiger partial charge in [0.15, 0.2) is 4.67 Å². The predicted octanol–water partition coefficient (Wildman–Crippen LogP) is 1.10. The van der Waals surface area contributed by atoms with Crippen LogP contribution < -0.4 is 5.32 Å². The van der Waals surface area contributed by atoms with Gasteiger partial charge in [-0.1, -0.05) is 0 Å². The van der Waals surface area contributed by atoms with E-state index in [4.69, 9.17) is 4.42 Å². The van der Waals surface area contributed by atoms with Crippen molar-refractivity contribution in [2.45, 2.75) is 6.17 Å². The molecule has 13 heavy (non-hydrogen) atoms. The number of rotatable bonds is 1. The smallest absolute Gasteiger partial charge is 0.235 e. The van der Waals surface area contributed by atoms with Crippen LogP contribution in [-0.4, -0.2) is 24.4 Å². The molecule has 0 aromatic carbocycles. The molecule has 1 N–H and O–H groups in total. The number of carbonyl (C=O) groups excluding carboxylic acids is 1. The quantitative estimate of drug-likeness (QED) is 0.805. The second-order valence-corrected chi connectivity index (χ2v) is 3.81. The first kappa shape index (κ1) is 8.77. The molecule has 5 heteroatoms. The monoisotopic (exact) mass is 244 g/mol. The molecule has 1 saturated heterocycles. The maximum absolute atomic E-state index is 11.0. The summed E-state index contributed by atoms with van der Waals surface area (Å²) in [4.78, 5) is 12.9. The Kier molecular flexibility index (Phi) is 2.13. The average Bonchev–Trinajstić information content (AvgIpc) is 2.58. The molecule has 1 aromatic rings. The predicted molar refractivity (Wildman–Crippen MR) is 49.9 cm³/mol. The molecule has 1 amide bonds. The molecule has 0 bridgehead atoms. The summed E-state index contributed by atoms with van der Waals surface area (Å²) in [7, 11) is 1.87. The zero-order valence-corrected chi connectivity index (χ0v) is 8.67. The summed E-state index contributed by atoms with van der Waals surface area (Å²) < 4.78 is 6.02. The van der Waals surface area contributed by atoms with E-state index in [0.717, 1.165) is 5.76 Å². The summed E-state index contributed by atoms with van der Waals surface area (Å²) in [6.45, 7) is 0.420. The number of nitrogens with zero attached hydrogens (tertiary/aromatic N) is 1. The van der Waals surface area contributed by atoms with Crippen LogP contribution in [0.1, 0.15) is 11.9 Å². The van der Waals surface area contributed by atoms with Crippen LogP contribution in [0.5, 0.6) is 0 Å².